The molecule has 0 aliphatic carbocycles. The van der Waals surface area contributed by atoms with E-state index in [4.69, 9.17) is 5.11 Å². The van der Waals surface area contributed by atoms with Crippen molar-refractivity contribution in [3.05, 3.63) is 52.9 Å². The van der Waals surface area contributed by atoms with E-state index in [0.717, 1.165) is 18.2 Å². The minimum atomic E-state index is -1.29. The quantitative estimate of drug-likeness (QED) is 0.808. The van der Waals surface area contributed by atoms with Gasteiger partial charge in [0.15, 0.2) is 0 Å². The number of nitrogens with one attached hydrogen (secondary N) is 2. The third-order valence-electron chi connectivity index (χ3n) is 2.60. The molecule has 20 heavy (non-hydrogen) atoms. The molecule has 1 aromatic carbocycles. The first-order chi connectivity index (χ1) is 9.40. The number of hydrogen-bond donors (Lipinski definition) is 3. The smallest absolute Gasteiger partial charge is 0.354 e. The van der Waals surface area contributed by atoms with Crippen LogP contribution in [0.3, 0.4) is 0 Å². The van der Waals surface area contributed by atoms with Crippen LogP contribution in [0.4, 0.5) is 14.5 Å². The number of amides is 1. The molecule has 0 bridgehead atoms. The number of hydrogen-bond acceptors (Lipinski definition) is 2. The molecule has 7 heteroatoms. The van der Waals surface area contributed by atoms with E-state index < -0.39 is 29.1 Å². The van der Waals surface area contributed by atoms with Crippen molar-refractivity contribution in [1.82, 2.24) is 4.98 Å². The summed E-state index contributed by atoms with van der Waals surface area (Å²) < 4.78 is 26.9. The molecule has 0 aliphatic rings. The largest absolute Gasteiger partial charge is 0.477 e. The Morgan fingerprint density at radius 3 is 2.40 bits per heavy atom. The molecule has 0 saturated heterocycles. The van der Waals surface area contributed by atoms with E-state index in [1.807, 2.05) is 0 Å². The highest BCUT2D eigenvalue weighted by Crippen LogP contribution is 2.19. The van der Waals surface area contributed by atoms with Crippen LogP contribution in [0.5, 0.6) is 0 Å². The Labute approximate surface area is 112 Å². The number of carboxylic acid groups (broad SMARTS) is 1. The van der Waals surface area contributed by atoms with Crippen molar-refractivity contribution < 1.29 is 23.5 Å². The standard InChI is InChI=1S/C13H10F2N2O3/c1-6-5-9(11(16-6)13(19)20)17-12(18)10-7(14)3-2-4-8(10)15/h2-5,16H,1H3,(H,17,18)(H,19,20). The summed E-state index contributed by atoms with van der Waals surface area (Å²) in [6.07, 6.45) is 0. The Bertz CT molecular complexity index is 675. The van der Waals surface area contributed by atoms with Gasteiger partial charge in [-0.05, 0) is 25.1 Å². The van der Waals surface area contributed by atoms with Crippen LogP contribution in [0.15, 0.2) is 24.3 Å². The molecule has 104 valence electrons. The molecule has 0 unspecified atom stereocenters. The minimum Gasteiger partial charge on any atom is -0.477 e. The average molecular weight is 280 g/mol. The van der Waals surface area contributed by atoms with Crippen molar-refractivity contribution in [3.63, 3.8) is 0 Å². The second kappa shape index (κ2) is 5.12. The molecule has 0 atom stereocenters. The lowest BCUT2D eigenvalue weighted by molar-refractivity contribution is 0.0692. The third kappa shape index (κ3) is 2.51. The highest BCUT2D eigenvalue weighted by atomic mass is 19.1. The van der Waals surface area contributed by atoms with E-state index in [2.05, 4.69) is 10.3 Å². The third-order valence-corrected chi connectivity index (χ3v) is 2.60. The fraction of sp³-hybridized carbons (Fsp3) is 0.0769. The fourth-order valence-corrected chi connectivity index (χ4v) is 1.76. The first-order valence-corrected chi connectivity index (χ1v) is 5.58. The molecular weight excluding hydrogens is 270 g/mol. The highest BCUT2D eigenvalue weighted by Gasteiger charge is 2.20. The molecule has 0 spiro atoms. The molecule has 2 rings (SSSR count). The topological polar surface area (TPSA) is 82.2 Å². The molecular formula is C13H10F2N2O3. The molecule has 1 amide bonds. The number of H-pyrrole nitrogens is 1. The van der Waals surface area contributed by atoms with Crippen LogP contribution in [0.25, 0.3) is 0 Å². The monoisotopic (exact) mass is 280 g/mol. The average Bonchev–Trinajstić information content (AvgIpc) is 2.70. The van der Waals surface area contributed by atoms with Gasteiger partial charge in [0.05, 0.1) is 5.69 Å². The van der Waals surface area contributed by atoms with Crippen LogP contribution in [-0.4, -0.2) is 22.0 Å². The Kier molecular flexibility index (Phi) is 3.51. The van der Waals surface area contributed by atoms with Crippen LogP contribution in [0, 0.1) is 18.6 Å². The highest BCUT2D eigenvalue weighted by molar-refractivity contribution is 6.07. The fourth-order valence-electron chi connectivity index (χ4n) is 1.76. The van der Waals surface area contributed by atoms with Crippen molar-refractivity contribution in [2.24, 2.45) is 0 Å². The van der Waals surface area contributed by atoms with Crippen molar-refractivity contribution in [2.45, 2.75) is 6.92 Å². The van der Waals surface area contributed by atoms with Gasteiger partial charge >= 0.3 is 5.97 Å². The molecule has 0 fully saturated rings. The lowest BCUT2D eigenvalue weighted by atomic mass is 10.2. The number of carbonyl (C=O) groups is 2. The number of anilines is 1. The minimum absolute atomic E-state index is 0.0531. The van der Waals surface area contributed by atoms with E-state index in [1.54, 1.807) is 6.92 Å². The number of aryl methyl sites for hydroxylation is 1. The first kappa shape index (κ1) is 13.7. The summed E-state index contributed by atoms with van der Waals surface area (Å²) in [5.74, 6) is -4.39. The van der Waals surface area contributed by atoms with Gasteiger partial charge in [0.2, 0.25) is 0 Å². The van der Waals surface area contributed by atoms with Crippen molar-refractivity contribution in [2.75, 3.05) is 5.32 Å². The lowest BCUT2D eigenvalue weighted by Gasteiger charge is -2.06. The normalized spacial score (nSPS) is 10.3. The van der Waals surface area contributed by atoms with Gasteiger partial charge in [0.1, 0.15) is 22.9 Å². The Morgan fingerprint density at radius 1 is 1.25 bits per heavy atom. The van der Waals surface area contributed by atoms with Gasteiger partial charge in [-0.2, -0.15) is 0 Å². The van der Waals surface area contributed by atoms with Crippen LogP contribution >= 0.6 is 0 Å². The number of halogens is 2. The van der Waals surface area contributed by atoms with Gasteiger partial charge in [0, 0.05) is 5.69 Å². The van der Waals surface area contributed by atoms with E-state index in [0.29, 0.717) is 5.69 Å². The van der Waals surface area contributed by atoms with Crippen LogP contribution < -0.4 is 5.32 Å². The molecule has 0 aliphatic heterocycles. The Balaban J connectivity index is 2.35. The molecule has 5 nitrogen and oxygen atoms in total. The number of aromatic nitrogens is 1. The van der Waals surface area contributed by atoms with E-state index in [1.165, 1.54) is 6.07 Å². The Morgan fingerprint density at radius 2 is 1.85 bits per heavy atom. The zero-order chi connectivity index (χ0) is 14.9. The second-order valence-electron chi connectivity index (χ2n) is 4.10. The van der Waals surface area contributed by atoms with Gasteiger partial charge in [-0.3, -0.25) is 4.79 Å². The number of aromatic amines is 1. The number of aromatic carboxylic acids is 1. The van der Waals surface area contributed by atoms with Crippen LogP contribution in [0.1, 0.15) is 26.5 Å². The number of benzene rings is 1. The summed E-state index contributed by atoms with van der Waals surface area (Å²) in [5, 5.41) is 11.1. The van der Waals surface area contributed by atoms with E-state index in [-0.39, 0.29) is 11.4 Å². The number of rotatable bonds is 3. The zero-order valence-electron chi connectivity index (χ0n) is 10.3. The molecule has 2 aromatic rings. The summed E-state index contributed by atoms with van der Waals surface area (Å²) in [4.78, 5) is 25.3. The van der Waals surface area contributed by atoms with Gasteiger partial charge < -0.3 is 15.4 Å². The second-order valence-corrected chi connectivity index (χ2v) is 4.10. The zero-order valence-corrected chi connectivity index (χ0v) is 10.3. The van der Waals surface area contributed by atoms with E-state index in [9.17, 15) is 18.4 Å². The first-order valence-electron chi connectivity index (χ1n) is 5.58. The van der Waals surface area contributed by atoms with Gasteiger partial charge in [-0.15, -0.1) is 0 Å². The van der Waals surface area contributed by atoms with Crippen molar-refractivity contribution >= 4 is 17.6 Å². The predicted octanol–water partition coefficient (Wildman–Crippen LogP) is 2.55. The Hall–Kier alpha value is -2.70. The maximum absolute atomic E-state index is 13.4. The summed E-state index contributed by atoms with van der Waals surface area (Å²) in [6, 6.07) is 4.38. The molecule has 0 saturated carbocycles. The molecule has 1 heterocycles. The molecule has 3 N–H and O–H groups in total. The molecule has 0 radical (unpaired) electrons. The maximum Gasteiger partial charge on any atom is 0.354 e. The van der Waals surface area contributed by atoms with Crippen molar-refractivity contribution in [1.29, 1.82) is 0 Å². The summed E-state index contributed by atoms with van der Waals surface area (Å²) in [6.45, 7) is 1.59. The molecule has 1 aromatic heterocycles. The van der Waals surface area contributed by atoms with E-state index >= 15 is 0 Å². The van der Waals surface area contributed by atoms with Crippen LogP contribution in [-0.2, 0) is 0 Å². The van der Waals surface area contributed by atoms with Crippen LogP contribution in [0.2, 0.25) is 0 Å². The number of carboxylic acids is 1. The number of carbonyl (C=O) groups excluding carboxylic acids is 1. The summed E-state index contributed by atoms with van der Waals surface area (Å²) in [5.41, 5.74) is -0.579. The predicted molar refractivity (Wildman–Crippen MR) is 66.8 cm³/mol. The lowest BCUT2D eigenvalue weighted by Crippen LogP contribution is -2.17. The van der Waals surface area contributed by atoms with Gasteiger partial charge in [0.25, 0.3) is 5.91 Å². The maximum atomic E-state index is 13.4. The summed E-state index contributed by atoms with van der Waals surface area (Å²) >= 11 is 0. The SMILES string of the molecule is Cc1cc(NC(=O)c2c(F)cccc2F)c(C(=O)O)[nH]1. The van der Waals surface area contributed by atoms with Crippen molar-refractivity contribution in [3.8, 4) is 0 Å². The van der Waals surface area contributed by atoms with Gasteiger partial charge in [-0.25, -0.2) is 13.6 Å². The van der Waals surface area contributed by atoms with Gasteiger partial charge in [-0.1, -0.05) is 6.07 Å². The summed E-state index contributed by atoms with van der Waals surface area (Å²) in [7, 11) is 0.